The first-order chi connectivity index (χ1) is 4.16. The fourth-order valence-electron chi connectivity index (χ4n) is 0.535. The second kappa shape index (κ2) is 3.90. The lowest BCUT2D eigenvalue weighted by molar-refractivity contribution is -0.119. The van der Waals surface area contributed by atoms with E-state index in [2.05, 4.69) is 5.32 Å². The van der Waals surface area contributed by atoms with Gasteiger partial charge in [0, 0.05) is 13.0 Å². The lowest BCUT2D eigenvalue weighted by Gasteiger charge is -2.05. The molecule has 9 heavy (non-hydrogen) atoms. The summed E-state index contributed by atoms with van der Waals surface area (Å²) < 4.78 is 0. The van der Waals surface area contributed by atoms with Gasteiger partial charge in [-0.2, -0.15) is 5.26 Å². The van der Waals surface area contributed by atoms with Crippen LogP contribution in [0.5, 0.6) is 0 Å². The normalized spacial score (nSPS) is 11.7. The first kappa shape index (κ1) is 7.96. The zero-order valence-electron chi connectivity index (χ0n) is 5.64. The van der Waals surface area contributed by atoms with Gasteiger partial charge in [-0.05, 0) is 6.92 Å². The summed E-state index contributed by atoms with van der Waals surface area (Å²) in [5.74, 6) is -0.0854. The number of rotatable bonds is 2. The summed E-state index contributed by atoms with van der Waals surface area (Å²) in [4.78, 5) is 10.3. The van der Waals surface area contributed by atoms with E-state index >= 15 is 0 Å². The van der Waals surface area contributed by atoms with Gasteiger partial charge < -0.3 is 5.32 Å². The minimum absolute atomic E-state index is 0.0208. The number of amides is 1. The van der Waals surface area contributed by atoms with Crippen LogP contribution in [0.25, 0.3) is 0 Å². The number of nitrogens with one attached hydrogen (secondary N) is 1. The van der Waals surface area contributed by atoms with Crippen LogP contribution >= 0.6 is 0 Å². The van der Waals surface area contributed by atoms with Gasteiger partial charge in [0.05, 0.1) is 12.5 Å². The number of hydrogen-bond donors (Lipinski definition) is 1. The molecule has 0 spiro atoms. The Hall–Kier alpha value is -1.04. The molecule has 3 nitrogen and oxygen atoms in total. The van der Waals surface area contributed by atoms with Gasteiger partial charge in [0.15, 0.2) is 0 Å². The largest absolute Gasteiger partial charge is 0.353 e. The maximum absolute atomic E-state index is 10.3. The molecule has 0 aliphatic carbocycles. The van der Waals surface area contributed by atoms with Crippen molar-refractivity contribution in [3.63, 3.8) is 0 Å². The van der Waals surface area contributed by atoms with Gasteiger partial charge in [0.25, 0.3) is 0 Å². The predicted octanol–water partition coefficient (Wildman–Crippen LogP) is 0.425. The Kier molecular flexibility index (Phi) is 3.45. The summed E-state index contributed by atoms with van der Waals surface area (Å²) >= 11 is 0. The molecule has 3 heteroatoms. The van der Waals surface area contributed by atoms with E-state index in [1.807, 2.05) is 6.07 Å². The van der Waals surface area contributed by atoms with Gasteiger partial charge >= 0.3 is 0 Å². The highest BCUT2D eigenvalue weighted by Crippen LogP contribution is 1.85. The van der Waals surface area contributed by atoms with Crippen molar-refractivity contribution in [2.45, 2.75) is 26.3 Å². The summed E-state index contributed by atoms with van der Waals surface area (Å²) in [6, 6.07) is 1.94. The fraction of sp³-hybridized carbons (Fsp3) is 0.667. The van der Waals surface area contributed by atoms with Crippen molar-refractivity contribution >= 4 is 5.91 Å². The third-order valence-electron chi connectivity index (χ3n) is 0.847. The van der Waals surface area contributed by atoms with E-state index < -0.39 is 0 Å². The summed E-state index contributed by atoms with van der Waals surface area (Å²) in [5, 5.41) is 10.7. The minimum atomic E-state index is -0.0854. The molecule has 1 atom stereocenters. The van der Waals surface area contributed by atoms with E-state index in [1.54, 1.807) is 6.92 Å². The van der Waals surface area contributed by atoms with Gasteiger partial charge in [0.1, 0.15) is 0 Å². The molecule has 0 unspecified atom stereocenters. The first-order valence-electron chi connectivity index (χ1n) is 2.81. The molecule has 0 bridgehead atoms. The van der Waals surface area contributed by atoms with E-state index in [-0.39, 0.29) is 11.9 Å². The lowest BCUT2D eigenvalue weighted by atomic mass is 10.2. The molecule has 0 aliphatic heterocycles. The molecule has 0 heterocycles. The molecule has 0 fully saturated rings. The summed E-state index contributed by atoms with van der Waals surface area (Å²) in [6.07, 6.45) is 0.375. The first-order valence-corrected chi connectivity index (χ1v) is 2.81. The number of carbonyl (C=O) groups excluding carboxylic acids is 1. The highest BCUT2D eigenvalue weighted by atomic mass is 16.1. The topological polar surface area (TPSA) is 52.9 Å². The average molecular weight is 126 g/mol. The van der Waals surface area contributed by atoms with Crippen molar-refractivity contribution in [1.29, 1.82) is 5.26 Å². The second-order valence-corrected chi connectivity index (χ2v) is 1.96. The predicted molar refractivity (Wildman–Crippen MR) is 33.5 cm³/mol. The molecule has 0 saturated carbocycles. The van der Waals surface area contributed by atoms with Crippen LogP contribution in [-0.4, -0.2) is 11.9 Å². The highest BCUT2D eigenvalue weighted by molar-refractivity contribution is 5.73. The van der Waals surface area contributed by atoms with Gasteiger partial charge in [0.2, 0.25) is 5.91 Å². The molecular weight excluding hydrogens is 116 g/mol. The quantitative estimate of drug-likeness (QED) is 0.583. The highest BCUT2D eigenvalue weighted by Gasteiger charge is 1.99. The van der Waals surface area contributed by atoms with Crippen LogP contribution in [0.15, 0.2) is 0 Å². The van der Waals surface area contributed by atoms with Gasteiger partial charge in [-0.3, -0.25) is 4.79 Å². The number of hydrogen-bond acceptors (Lipinski definition) is 2. The molecule has 0 aromatic rings. The molecule has 0 aliphatic rings. The lowest BCUT2D eigenvalue weighted by Crippen LogP contribution is -2.29. The Bertz CT molecular complexity index is 136. The number of carbonyl (C=O) groups is 1. The van der Waals surface area contributed by atoms with Crippen LogP contribution in [-0.2, 0) is 4.79 Å². The van der Waals surface area contributed by atoms with Crippen molar-refractivity contribution < 1.29 is 4.79 Å². The van der Waals surface area contributed by atoms with Crippen LogP contribution < -0.4 is 5.32 Å². The van der Waals surface area contributed by atoms with Crippen molar-refractivity contribution in [3.05, 3.63) is 0 Å². The maximum atomic E-state index is 10.3. The van der Waals surface area contributed by atoms with E-state index in [1.165, 1.54) is 6.92 Å². The fourth-order valence-corrected chi connectivity index (χ4v) is 0.535. The maximum Gasteiger partial charge on any atom is 0.217 e. The van der Waals surface area contributed by atoms with Crippen molar-refractivity contribution in [2.75, 3.05) is 0 Å². The van der Waals surface area contributed by atoms with Crippen molar-refractivity contribution in [3.8, 4) is 6.07 Å². The number of nitrogens with zero attached hydrogens (tertiary/aromatic N) is 1. The van der Waals surface area contributed by atoms with Crippen LogP contribution in [0.3, 0.4) is 0 Å². The van der Waals surface area contributed by atoms with E-state index in [4.69, 9.17) is 5.26 Å². The molecule has 0 aromatic heterocycles. The summed E-state index contributed by atoms with van der Waals surface area (Å²) in [6.45, 7) is 3.23. The Morgan fingerprint density at radius 1 is 1.89 bits per heavy atom. The number of nitriles is 1. The molecule has 0 radical (unpaired) electrons. The second-order valence-electron chi connectivity index (χ2n) is 1.96. The molecule has 50 valence electrons. The van der Waals surface area contributed by atoms with E-state index in [0.717, 1.165) is 0 Å². The Morgan fingerprint density at radius 2 is 2.44 bits per heavy atom. The summed E-state index contributed by atoms with van der Waals surface area (Å²) in [5.41, 5.74) is 0. The van der Waals surface area contributed by atoms with Gasteiger partial charge in [-0.25, -0.2) is 0 Å². The monoisotopic (exact) mass is 126 g/mol. The smallest absolute Gasteiger partial charge is 0.217 e. The van der Waals surface area contributed by atoms with E-state index in [9.17, 15) is 4.79 Å². The summed E-state index contributed by atoms with van der Waals surface area (Å²) in [7, 11) is 0. The van der Waals surface area contributed by atoms with Gasteiger partial charge in [-0.15, -0.1) is 0 Å². The Morgan fingerprint density at radius 3 is 2.78 bits per heavy atom. The zero-order chi connectivity index (χ0) is 7.28. The van der Waals surface area contributed by atoms with Crippen LogP contribution in [0.2, 0.25) is 0 Å². The third kappa shape index (κ3) is 4.82. The van der Waals surface area contributed by atoms with Crippen molar-refractivity contribution in [2.24, 2.45) is 0 Å². The van der Waals surface area contributed by atoms with Crippen LogP contribution in [0, 0.1) is 11.3 Å². The van der Waals surface area contributed by atoms with Gasteiger partial charge in [-0.1, -0.05) is 0 Å². The van der Waals surface area contributed by atoms with Crippen LogP contribution in [0.1, 0.15) is 20.3 Å². The van der Waals surface area contributed by atoms with E-state index in [0.29, 0.717) is 6.42 Å². The third-order valence-corrected chi connectivity index (χ3v) is 0.847. The van der Waals surface area contributed by atoms with Crippen molar-refractivity contribution in [1.82, 2.24) is 5.32 Å². The molecule has 1 N–H and O–H groups in total. The molecule has 1 amide bonds. The average Bonchev–Trinajstić information content (AvgIpc) is 1.63. The standard InChI is InChI=1S/C6H10N2O/c1-5(3-4-7)8-6(2)9/h5H,3H2,1-2H3,(H,8,9)/t5-/m1/s1. The zero-order valence-corrected chi connectivity index (χ0v) is 5.64. The SMILES string of the molecule is CC(=O)N[C@H](C)CC#N. The molecular formula is C6H10N2O. The minimum Gasteiger partial charge on any atom is -0.353 e. The Balaban J connectivity index is 3.40. The molecule has 0 rings (SSSR count). The molecule has 0 aromatic carbocycles. The Labute approximate surface area is 54.7 Å². The van der Waals surface area contributed by atoms with Crippen LogP contribution in [0.4, 0.5) is 0 Å². The molecule has 0 saturated heterocycles.